The van der Waals surface area contributed by atoms with E-state index in [9.17, 15) is 18.4 Å². The van der Waals surface area contributed by atoms with Crippen molar-refractivity contribution in [1.29, 1.82) is 5.26 Å². The summed E-state index contributed by atoms with van der Waals surface area (Å²) in [5, 5.41) is 13.1. The van der Waals surface area contributed by atoms with Gasteiger partial charge >= 0.3 is 6.18 Å². The molecule has 0 radical (unpaired) electrons. The standard InChI is InChI=1S/C15H14F3N5O/c1-2-12-21-13(22-24-12)10-4-3-7-23(10)14-9(8-19)5-6-11(20-14)15(16,17)18/h5-6,10H,2-4,7H2,1H3/t10-/m1/s1. The van der Waals surface area contributed by atoms with Gasteiger partial charge in [-0.15, -0.1) is 0 Å². The van der Waals surface area contributed by atoms with Crippen molar-refractivity contribution in [2.45, 2.75) is 38.4 Å². The maximum atomic E-state index is 13.0. The van der Waals surface area contributed by atoms with Crippen LogP contribution in [0.4, 0.5) is 19.0 Å². The number of aromatic nitrogens is 3. The van der Waals surface area contributed by atoms with Gasteiger partial charge in [-0.05, 0) is 25.0 Å². The summed E-state index contributed by atoms with van der Waals surface area (Å²) in [6.07, 6.45) is -2.60. The number of anilines is 1. The van der Waals surface area contributed by atoms with Gasteiger partial charge in [-0.25, -0.2) is 4.98 Å². The lowest BCUT2D eigenvalue weighted by atomic mass is 10.2. The Morgan fingerprint density at radius 1 is 1.38 bits per heavy atom. The molecule has 126 valence electrons. The summed E-state index contributed by atoms with van der Waals surface area (Å²) in [5.41, 5.74) is -0.932. The van der Waals surface area contributed by atoms with Crippen molar-refractivity contribution in [2.75, 3.05) is 11.4 Å². The van der Waals surface area contributed by atoms with Gasteiger partial charge in [0.15, 0.2) is 5.82 Å². The Labute approximate surface area is 135 Å². The Kier molecular flexibility index (Phi) is 4.13. The average Bonchev–Trinajstić information content (AvgIpc) is 3.21. The second-order valence-corrected chi connectivity index (χ2v) is 5.43. The molecule has 6 nitrogen and oxygen atoms in total. The van der Waals surface area contributed by atoms with Gasteiger partial charge in [0.1, 0.15) is 17.6 Å². The van der Waals surface area contributed by atoms with Gasteiger partial charge in [-0.3, -0.25) is 0 Å². The van der Waals surface area contributed by atoms with Gasteiger partial charge < -0.3 is 9.42 Å². The molecule has 24 heavy (non-hydrogen) atoms. The lowest BCUT2D eigenvalue weighted by molar-refractivity contribution is -0.141. The molecule has 2 aromatic heterocycles. The van der Waals surface area contributed by atoms with E-state index in [1.165, 1.54) is 0 Å². The van der Waals surface area contributed by atoms with Gasteiger partial charge in [0.05, 0.1) is 11.6 Å². The van der Waals surface area contributed by atoms with E-state index in [1.54, 1.807) is 4.90 Å². The van der Waals surface area contributed by atoms with Gasteiger partial charge in [0, 0.05) is 13.0 Å². The number of hydrogen-bond donors (Lipinski definition) is 0. The summed E-state index contributed by atoms with van der Waals surface area (Å²) >= 11 is 0. The molecule has 3 heterocycles. The van der Waals surface area contributed by atoms with Crippen molar-refractivity contribution in [3.8, 4) is 6.07 Å². The minimum absolute atomic E-state index is 0.0117. The monoisotopic (exact) mass is 337 g/mol. The highest BCUT2D eigenvalue weighted by atomic mass is 19.4. The van der Waals surface area contributed by atoms with Gasteiger partial charge in [0.25, 0.3) is 0 Å². The van der Waals surface area contributed by atoms with Crippen LogP contribution in [0, 0.1) is 11.3 Å². The first-order chi connectivity index (χ1) is 11.4. The number of nitrogens with zero attached hydrogens (tertiary/aromatic N) is 5. The number of aryl methyl sites for hydroxylation is 1. The third kappa shape index (κ3) is 2.91. The molecule has 0 saturated carbocycles. The van der Waals surface area contributed by atoms with Crippen LogP contribution in [-0.4, -0.2) is 21.7 Å². The molecule has 0 bridgehead atoms. The van der Waals surface area contributed by atoms with Crippen molar-refractivity contribution in [3.63, 3.8) is 0 Å². The Balaban J connectivity index is 2.01. The predicted molar refractivity (Wildman–Crippen MR) is 77.0 cm³/mol. The number of alkyl halides is 3. The predicted octanol–water partition coefficient (Wildman–Crippen LogP) is 3.26. The normalized spacial score (nSPS) is 18.0. The van der Waals surface area contributed by atoms with Gasteiger partial charge in [-0.2, -0.15) is 23.4 Å². The molecule has 0 aromatic carbocycles. The van der Waals surface area contributed by atoms with Crippen LogP contribution in [0.5, 0.6) is 0 Å². The SMILES string of the molecule is CCc1nc([C@H]2CCCN2c2nc(C(F)(F)F)ccc2C#N)no1. The maximum absolute atomic E-state index is 13.0. The van der Waals surface area contributed by atoms with Crippen molar-refractivity contribution in [3.05, 3.63) is 35.1 Å². The number of pyridine rings is 1. The highest BCUT2D eigenvalue weighted by Gasteiger charge is 2.36. The average molecular weight is 337 g/mol. The fourth-order valence-electron chi connectivity index (χ4n) is 2.75. The maximum Gasteiger partial charge on any atom is 0.433 e. The van der Waals surface area contributed by atoms with E-state index in [4.69, 9.17) is 4.52 Å². The number of nitriles is 1. The molecule has 1 aliphatic heterocycles. The first-order valence-electron chi connectivity index (χ1n) is 7.51. The Bertz CT molecular complexity index is 780. The molecule has 0 N–H and O–H groups in total. The smallest absolute Gasteiger partial charge is 0.345 e. The van der Waals surface area contributed by atoms with Crippen LogP contribution in [0.3, 0.4) is 0 Å². The zero-order valence-corrected chi connectivity index (χ0v) is 12.8. The van der Waals surface area contributed by atoms with E-state index in [0.29, 0.717) is 31.1 Å². The molecule has 9 heteroatoms. The van der Waals surface area contributed by atoms with Crippen LogP contribution in [0.15, 0.2) is 16.7 Å². The molecule has 0 aliphatic carbocycles. The number of hydrogen-bond acceptors (Lipinski definition) is 6. The fraction of sp³-hybridized carbons (Fsp3) is 0.467. The van der Waals surface area contributed by atoms with Gasteiger partial charge in [-0.1, -0.05) is 12.1 Å². The first kappa shape index (κ1) is 16.2. The van der Waals surface area contributed by atoms with Crippen LogP contribution in [0.25, 0.3) is 0 Å². The summed E-state index contributed by atoms with van der Waals surface area (Å²) in [6.45, 7) is 2.34. The van der Waals surface area contributed by atoms with Gasteiger partial charge in [0.2, 0.25) is 5.89 Å². The highest BCUT2D eigenvalue weighted by Crippen LogP contribution is 2.37. The highest BCUT2D eigenvalue weighted by molar-refractivity contribution is 5.56. The quantitative estimate of drug-likeness (QED) is 0.855. The first-order valence-corrected chi connectivity index (χ1v) is 7.51. The van der Waals surface area contributed by atoms with E-state index in [1.807, 2.05) is 13.0 Å². The molecule has 0 unspecified atom stereocenters. The van der Waals surface area contributed by atoms with Crippen LogP contribution < -0.4 is 4.90 Å². The van der Waals surface area contributed by atoms with E-state index < -0.39 is 11.9 Å². The van der Waals surface area contributed by atoms with Crippen LogP contribution in [-0.2, 0) is 12.6 Å². The van der Waals surface area contributed by atoms with Crippen LogP contribution in [0.1, 0.15) is 48.8 Å². The molecule has 1 fully saturated rings. The second-order valence-electron chi connectivity index (χ2n) is 5.43. The molecular weight excluding hydrogens is 323 g/mol. The van der Waals surface area contributed by atoms with E-state index in [0.717, 1.165) is 18.6 Å². The van der Waals surface area contributed by atoms with Crippen molar-refractivity contribution in [2.24, 2.45) is 0 Å². The molecular formula is C15H14F3N5O. The number of halogens is 3. The minimum atomic E-state index is -4.57. The Morgan fingerprint density at radius 3 is 2.79 bits per heavy atom. The lowest BCUT2D eigenvalue weighted by Crippen LogP contribution is -2.26. The van der Waals surface area contributed by atoms with E-state index >= 15 is 0 Å². The molecule has 1 atom stereocenters. The van der Waals surface area contributed by atoms with Crippen LogP contribution in [0.2, 0.25) is 0 Å². The van der Waals surface area contributed by atoms with Crippen molar-refractivity contribution >= 4 is 5.82 Å². The number of rotatable bonds is 3. The van der Waals surface area contributed by atoms with Crippen LogP contribution >= 0.6 is 0 Å². The Hall–Kier alpha value is -2.63. The summed E-state index contributed by atoms with van der Waals surface area (Å²) in [5.74, 6) is 0.888. The molecule has 1 aliphatic rings. The minimum Gasteiger partial charge on any atom is -0.345 e. The summed E-state index contributed by atoms with van der Waals surface area (Å²) in [6, 6.07) is 3.52. The lowest BCUT2D eigenvalue weighted by Gasteiger charge is -2.24. The Morgan fingerprint density at radius 2 is 2.17 bits per heavy atom. The zero-order valence-electron chi connectivity index (χ0n) is 12.8. The second kappa shape index (κ2) is 6.11. The fourth-order valence-corrected chi connectivity index (χ4v) is 2.75. The zero-order chi connectivity index (χ0) is 17.3. The third-order valence-corrected chi connectivity index (χ3v) is 3.90. The van der Waals surface area contributed by atoms with Crippen molar-refractivity contribution < 1.29 is 17.7 Å². The third-order valence-electron chi connectivity index (χ3n) is 3.90. The topological polar surface area (TPSA) is 78.8 Å². The van der Waals surface area contributed by atoms with E-state index in [-0.39, 0.29) is 17.4 Å². The summed E-state index contributed by atoms with van der Waals surface area (Å²) in [7, 11) is 0. The molecule has 3 rings (SSSR count). The van der Waals surface area contributed by atoms with E-state index in [2.05, 4.69) is 15.1 Å². The van der Waals surface area contributed by atoms with Crippen molar-refractivity contribution in [1.82, 2.24) is 15.1 Å². The molecule has 0 amide bonds. The molecule has 1 saturated heterocycles. The molecule has 2 aromatic rings. The largest absolute Gasteiger partial charge is 0.433 e. The summed E-state index contributed by atoms with van der Waals surface area (Å²) < 4.78 is 44.0. The molecule has 0 spiro atoms. The summed E-state index contributed by atoms with van der Waals surface area (Å²) in [4.78, 5) is 9.60.